The number of benzene rings is 1. The van der Waals surface area contributed by atoms with Crippen LogP contribution in [0.1, 0.15) is 38.3 Å². The van der Waals surface area contributed by atoms with Gasteiger partial charge in [-0.25, -0.2) is 13.1 Å². The molecule has 1 N–H and O–H groups in total. The van der Waals surface area contributed by atoms with E-state index in [9.17, 15) is 13.2 Å². The van der Waals surface area contributed by atoms with Gasteiger partial charge in [0.1, 0.15) is 0 Å². The van der Waals surface area contributed by atoms with Crippen molar-refractivity contribution in [3.8, 4) is 0 Å². The molecule has 0 aliphatic carbocycles. The first-order valence-corrected chi connectivity index (χ1v) is 9.44. The molecule has 6 heteroatoms. The van der Waals surface area contributed by atoms with Gasteiger partial charge < -0.3 is 4.90 Å². The van der Waals surface area contributed by atoms with Gasteiger partial charge >= 0.3 is 0 Å². The van der Waals surface area contributed by atoms with Gasteiger partial charge in [-0.2, -0.15) is 0 Å². The van der Waals surface area contributed by atoms with Crippen molar-refractivity contribution in [2.75, 3.05) is 19.6 Å². The van der Waals surface area contributed by atoms with Gasteiger partial charge in [-0.3, -0.25) is 4.79 Å². The molecule has 0 bridgehead atoms. The van der Waals surface area contributed by atoms with Crippen LogP contribution in [-0.4, -0.2) is 38.9 Å². The zero-order valence-corrected chi connectivity index (χ0v) is 15.5. The van der Waals surface area contributed by atoms with Crippen molar-refractivity contribution in [2.24, 2.45) is 5.92 Å². The van der Waals surface area contributed by atoms with E-state index in [-0.39, 0.29) is 17.3 Å². The van der Waals surface area contributed by atoms with Gasteiger partial charge in [0, 0.05) is 26.6 Å². The topological polar surface area (TPSA) is 66.5 Å². The van der Waals surface area contributed by atoms with Gasteiger partial charge in [0.25, 0.3) is 0 Å². The molecule has 0 heterocycles. The third kappa shape index (κ3) is 6.31. The van der Waals surface area contributed by atoms with Gasteiger partial charge in [-0.05, 0) is 49.4 Å². The smallest absolute Gasteiger partial charge is 0.240 e. The highest BCUT2D eigenvalue weighted by Gasteiger charge is 2.16. The molecule has 0 saturated carbocycles. The van der Waals surface area contributed by atoms with Crippen molar-refractivity contribution in [1.29, 1.82) is 0 Å². The zero-order valence-electron chi connectivity index (χ0n) is 14.7. The molecule has 0 aliphatic rings. The Morgan fingerprint density at radius 3 is 2.35 bits per heavy atom. The van der Waals surface area contributed by atoms with Gasteiger partial charge in [-0.1, -0.05) is 19.9 Å². The Balaban J connectivity index is 2.64. The summed E-state index contributed by atoms with van der Waals surface area (Å²) in [5.74, 6) is 0.472. The molecule has 0 aromatic heterocycles. The van der Waals surface area contributed by atoms with Crippen LogP contribution in [0.2, 0.25) is 0 Å². The summed E-state index contributed by atoms with van der Waals surface area (Å²) >= 11 is 0. The Hall–Kier alpha value is -1.40. The largest absolute Gasteiger partial charge is 0.342 e. The monoisotopic (exact) mass is 340 g/mol. The van der Waals surface area contributed by atoms with Crippen molar-refractivity contribution in [3.63, 3.8) is 0 Å². The molecule has 1 amide bonds. The van der Waals surface area contributed by atoms with Crippen LogP contribution in [0.25, 0.3) is 0 Å². The number of sulfonamides is 1. The molecule has 1 aromatic carbocycles. The molecule has 23 heavy (non-hydrogen) atoms. The number of rotatable bonds is 8. The van der Waals surface area contributed by atoms with E-state index in [1.807, 2.05) is 13.8 Å². The second-order valence-corrected chi connectivity index (χ2v) is 8.10. The fraction of sp³-hybridized carbons (Fsp3) is 0.588. The van der Waals surface area contributed by atoms with Crippen LogP contribution >= 0.6 is 0 Å². The van der Waals surface area contributed by atoms with Gasteiger partial charge in [-0.15, -0.1) is 0 Å². The maximum atomic E-state index is 12.3. The quantitative estimate of drug-likeness (QED) is 0.790. The van der Waals surface area contributed by atoms with Crippen molar-refractivity contribution in [3.05, 3.63) is 29.3 Å². The molecule has 0 radical (unpaired) electrons. The molecular weight excluding hydrogens is 312 g/mol. The lowest BCUT2D eigenvalue weighted by Gasteiger charge is -2.22. The normalized spacial score (nSPS) is 11.7. The first kappa shape index (κ1) is 19.6. The second kappa shape index (κ2) is 8.45. The number of hydrogen-bond donors (Lipinski definition) is 1. The maximum absolute atomic E-state index is 12.3. The summed E-state index contributed by atoms with van der Waals surface area (Å²) in [4.78, 5) is 13.6. The lowest BCUT2D eigenvalue weighted by molar-refractivity contribution is -0.128. The fourth-order valence-corrected chi connectivity index (χ4v) is 3.23. The summed E-state index contributed by atoms with van der Waals surface area (Å²) in [5, 5.41) is 0. The van der Waals surface area contributed by atoms with Crippen molar-refractivity contribution < 1.29 is 13.2 Å². The minimum atomic E-state index is -3.54. The number of aryl methyl sites for hydroxylation is 2. The summed E-state index contributed by atoms with van der Waals surface area (Å²) in [6.07, 6.45) is 0.906. The third-order valence-electron chi connectivity index (χ3n) is 3.88. The van der Waals surface area contributed by atoms with E-state index in [0.29, 0.717) is 19.0 Å². The van der Waals surface area contributed by atoms with Crippen molar-refractivity contribution >= 4 is 15.9 Å². The predicted octanol–water partition coefficient (Wildman–Crippen LogP) is 2.48. The van der Waals surface area contributed by atoms with Crippen LogP contribution in [0.4, 0.5) is 0 Å². The Bertz CT molecular complexity index is 639. The van der Waals surface area contributed by atoms with E-state index in [0.717, 1.165) is 17.5 Å². The molecule has 0 saturated heterocycles. The Morgan fingerprint density at radius 2 is 1.83 bits per heavy atom. The molecule has 5 nitrogen and oxygen atoms in total. The highest BCUT2D eigenvalue weighted by Crippen LogP contribution is 2.14. The number of nitrogens with one attached hydrogen (secondary N) is 1. The fourth-order valence-electron chi connectivity index (χ4n) is 2.12. The molecule has 0 atom stereocenters. The first-order valence-electron chi connectivity index (χ1n) is 7.96. The standard InChI is InChI=1S/C17H28N2O3S/c1-13(2)8-10-19(16(5)20)11-9-18-23(21,22)17-7-6-14(3)15(4)12-17/h6-7,12-13,18H,8-11H2,1-5H3. The number of carbonyl (C=O) groups is 1. The molecule has 130 valence electrons. The number of amides is 1. The lowest BCUT2D eigenvalue weighted by Crippen LogP contribution is -2.38. The van der Waals surface area contributed by atoms with E-state index in [1.165, 1.54) is 6.92 Å². The molecule has 0 aliphatic heterocycles. The second-order valence-electron chi connectivity index (χ2n) is 6.33. The van der Waals surface area contributed by atoms with E-state index in [4.69, 9.17) is 0 Å². The molecule has 0 fully saturated rings. The SMILES string of the molecule is CC(=O)N(CCNS(=O)(=O)c1ccc(C)c(C)c1)CCC(C)C. The first-order chi connectivity index (χ1) is 10.6. The Labute approximate surface area is 140 Å². The van der Waals surface area contributed by atoms with E-state index >= 15 is 0 Å². The number of carbonyl (C=O) groups excluding carboxylic acids is 1. The summed E-state index contributed by atoms with van der Waals surface area (Å²) < 4.78 is 27.2. The zero-order chi connectivity index (χ0) is 17.6. The number of nitrogens with zero attached hydrogens (tertiary/aromatic N) is 1. The highest BCUT2D eigenvalue weighted by molar-refractivity contribution is 7.89. The van der Waals surface area contributed by atoms with Crippen LogP contribution in [0.15, 0.2) is 23.1 Å². The van der Waals surface area contributed by atoms with E-state index in [2.05, 4.69) is 18.6 Å². The predicted molar refractivity (Wildman–Crippen MR) is 92.8 cm³/mol. The minimum Gasteiger partial charge on any atom is -0.342 e. The molecule has 1 rings (SSSR count). The highest BCUT2D eigenvalue weighted by atomic mass is 32.2. The summed E-state index contributed by atoms with van der Waals surface area (Å²) in [5.41, 5.74) is 2.00. The van der Waals surface area contributed by atoms with Gasteiger partial charge in [0.15, 0.2) is 0 Å². The van der Waals surface area contributed by atoms with Gasteiger partial charge in [0.05, 0.1) is 4.90 Å². The summed E-state index contributed by atoms with van der Waals surface area (Å²) in [6, 6.07) is 5.07. The average Bonchev–Trinajstić information content (AvgIpc) is 2.44. The minimum absolute atomic E-state index is 0.0315. The summed E-state index contributed by atoms with van der Waals surface area (Å²) in [6.45, 7) is 10.8. The maximum Gasteiger partial charge on any atom is 0.240 e. The molecule has 0 spiro atoms. The van der Waals surface area contributed by atoms with Crippen molar-refractivity contribution in [1.82, 2.24) is 9.62 Å². The van der Waals surface area contributed by atoms with E-state index < -0.39 is 10.0 Å². The van der Waals surface area contributed by atoms with Crippen LogP contribution < -0.4 is 4.72 Å². The molecule has 0 unspecified atom stereocenters. The number of hydrogen-bond acceptors (Lipinski definition) is 3. The Morgan fingerprint density at radius 1 is 1.17 bits per heavy atom. The molecular formula is C17H28N2O3S. The average molecular weight is 340 g/mol. The van der Waals surface area contributed by atoms with Gasteiger partial charge in [0.2, 0.25) is 15.9 Å². The summed E-state index contributed by atoms with van der Waals surface area (Å²) in [7, 11) is -3.54. The Kier molecular flexibility index (Phi) is 7.22. The molecule has 1 aromatic rings. The van der Waals surface area contributed by atoms with E-state index in [1.54, 1.807) is 23.1 Å². The van der Waals surface area contributed by atoms with Crippen molar-refractivity contribution in [2.45, 2.75) is 45.9 Å². The van der Waals surface area contributed by atoms with Crippen LogP contribution in [0, 0.1) is 19.8 Å². The lowest BCUT2D eigenvalue weighted by atomic mass is 10.1. The van der Waals surface area contributed by atoms with Crippen LogP contribution in [-0.2, 0) is 14.8 Å². The third-order valence-corrected chi connectivity index (χ3v) is 5.34. The van der Waals surface area contributed by atoms with Crippen LogP contribution in [0.3, 0.4) is 0 Å². The van der Waals surface area contributed by atoms with Crippen LogP contribution in [0.5, 0.6) is 0 Å².